The highest BCUT2D eigenvalue weighted by Crippen LogP contribution is 2.25. The molecule has 1 aromatic carbocycles. The fourth-order valence-corrected chi connectivity index (χ4v) is 3.35. The molecule has 0 amide bonds. The molecule has 3 rings (SSSR count). The maximum atomic E-state index is 4.64. The van der Waals surface area contributed by atoms with Gasteiger partial charge in [-0.05, 0) is 19.2 Å². The molecular formula is C12H12N4S2. The Labute approximate surface area is 113 Å². The summed E-state index contributed by atoms with van der Waals surface area (Å²) >= 11 is 2.98. The highest BCUT2D eigenvalue weighted by Gasteiger charge is 2.15. The van der Waals surface area contributed by atoms with E-state index in [0.717, 1.165) is 22.6 Å². The maximum Gasteiger partial charge on any atom is 0.0958 e. The van der Waals surface area contributed by atoms with Crippen molar-refractivity contribution in [3.63, 3.8) is 0 Å². The minimum atomic E-state index is 0.185. The van der Waals surface area contributed by atoms with Crippen molar-refractivity contribution in [2.24, 2.45) is 0 Å². The Balaban J connectivity index is 1.86. The summed E-state index contributed by atoms with van der Waals surface area (Å²) in [6, 6.07) is 8.41. The van der Waals surface area contributed by atoms with Gasteiger partial charge in [0, 0.05) is 6.42 Å². The van der Waals surface area contributed by atoms with Crippen molar-refractivity contribution >= 4 is 33.3 Å². The molecule has 1 unspecified atom stereocenters. The lowest BCUT2D eigenvalue weighted by Gasteiger charge is -2.10. The Bertz CT molecular complexity index is 599. The molecule has 1 atom stereocenters. The van der Waals surface area contributed by atoms with Crippen molar-refractivity contribution in [1.29, 1.82) is 0 Å². The minimum Gasteiger partial charge on any atom is -0.311 e. The molecule has 18 heavy (non-hydrogen) atoms. The van der Waals surface area contributed by atoms with E-state index in [1.165, 1.54) is 16.4 Å². The molecule has 3 aromatic rings. The number of likely N-dealkylation sites (N-methyl/N-ethyl adjacent to an activating group) is 1. The van der Waals surface area contributed by atoms with E-state index in [2.05, 4.69) is 25.1 Å². The van der Waals surface area contributed by atoms with Crippen LogP contribution in [0.4, 0.5) is 0 Å². The van der Waals surface area contributed by atoms with E-state index in [-0.39, 0.29) is 6.04 Å². The quantitative estimate of drug-likeness (QED) is 0.796. The lowest BCUT2D eigenvalue weighted by atomic mass is 10.1. The van der Waals surface area contributed by atoms with Crippen molar-refractivity contribution in [3.05, 3.63) is 41.2 Å². The molecule has 0 radical (unpaired) electrons. The molecular weight excluding hydrogens is 264 g/mol. The van der Waals surface area contributed by atoms with Gasteiger partial charge in [0.2, 0.25) is 0 Å². The van der Waals surface area contributed by atoms with Gasteiger partial charge in [0.25, 0.3) is 0 Å². The lowest BCUT2D eigenvalue weighted by Crippen LogP contribution is -2.18. The average Bonchev–Trinajstić information content (AvgIpc) is 3.04. The second-order valence-corrected chi connectivity index (χ2v) is 5.62. The first kappa shape index (κ1) is 11.7. The van der Waals surface area contributed by atoms with Gasteiger partial charge in [-0.2, -0.15) is 8.75 Å². The Morgan fingerprint density at radius 3 is 2.94 bits per heavy atom. The number of nitrogens with one attached hydrogen (secondary N) is 1. The average molecular weight is 276 g/mol. The first-order valence-corrected chi connectivity index (χ1v) is 7.20. The zero-order valence-electron chi connectivity index (χ0n) is 9.83. The number of fused-ring (bicyclic) bond motifs is 1. The van der Waals surface area contributed by atoms with Crippen LogP contribution in [0.5, 0.6) is 0 Å². The third-order valence-electron chi connectivity index (χ3n) is 2.80. The van der Waals surface area contributed by atoms with Gasteiger partial charge in [0.15, 0.2) is 0 Å². The van der Waals surface area contributed by atoms with Crippen LogP contribution in [0.1, 0.15) is 16.7 Å². The number of rotatable bonds is 4. The summed E-state index contributed by atoms with van der Waals surface area (Å²) in [4.78, 5) is 4.64. The molecule has 0 aliphatic carbocycles. The summed E-state index contributed by atoms with van der Waals surface area (Å²) in [5.41, 5.74) is 2.06. The first-order valence-electron chi connectivity index (χ1n) is 5.66. The Morgan fingerprint density at radius 2 is 2.22 bits per heavy atom. The van der Waals surface area contributed by atoms with Crippen molar-refractivity contribution in [2.45, 2.75) is 12.5 Å². The van der Waals surface area contributed by atoms with E-state index in [0.29, 0.717) is 0 Å². The largest absolute Gasteiger partial charge is 0.311 e. The van der Waals surface area contributed by atoms with Gasteiger partial charge in [-0.1, -0.05) is 12.1 Å². The van der Waals surface area contributed by atoms with E-state index < -0.39 is 0 Å². The van der Waals surface area contributed by atoms with Gasteiger partial charge >= 0.3 is 0 Å². The van der Waals surface area contributed by atoms with Crippen LogP contribution >= 0.6 is 23.1 Å². The maximum absolute atomic E-state index is 4.64. The van der Waals surface area contributed by atoms with Crippen molar-refractivity contribution in [2.75, 3.05) is 7.05 Å². The predicted octanol–water partition coefficient (Wildman–Crippen LogP) is 2.65. The molecule has 0 spiro atoms. The fourth-order valence-electron chi connectivity index (χ4n) is 1.86. The number of aromatic nitrogens is 3. The van der Waals surface area contributed by atoms with Crippen LogP contribution in [0.3, 0.4) is 0 Å². The normalized spacial score (nSPS) is 12.9. The lowest BCUT2D eigenvalue weighted by molar-refractivity contribution is 0.579. The summed E-state index contributed by atoms with van der Waals surface area (Å²) in [7, 11) is 1.94. The molecule has 1 N–H and O–H groups in total. The molecule has 0 aliphatic heterocycles. The van der Waals surface area contributed by atoms with Gasteiger partial charge in [0.1, 0.15) is 0 Å². The van der Waals surface area contributed by atoms with Gasteiger partial charge < -0.3 is 5.32 Å². The number of hydrogen-bond donors (Lipinski definition) is 1. The van der Waals surface area contributed by atoms with E-state index in [4.69, 9.17) is 0 Å². The molecule has 0 saturated heterocycles. The molecule has 4 nitrogen and oxygen atoms in total. The standard InChI is InChI=1S/C12H12N4S2/c1-13-9(10-7-14-18-16-10)6-12-15-8-4-2-3-5-11(8)17-12/h2-5,7,9,13H,6H2,1H3. The summed E-state index contributed by atoms with van der Waals surface area (Å²) in [5.74, 6) is 0. The molecule has 0 saturated carbocycles. The molecule has 0 bridgehead atoms. The van der Waals surface area contributed by atoms with Crippen molar-refractivity contribution < 1.29 is 0 Å². The number of hydrogen-bond acceptors (Lipinski definition) is 6. The topological polar surface area (TPSA) is 50.7 Å². The van der Waals surface area contributed by atoms with Crippen molar-refractivity contribution in [3.8, 4) is 0 Å². The van der Waals surface area contributed by atoms with Crippen LogP contribution in [-0.2, 0) is 6.42 Å². The highest BCUT2D eigenvalue weighted by atomic mass is 32.1. The van der Waals surface area contributed by atoms with E-state index in [1.807, 2.05) is 31.4 Å². The Hall–Kier alpha value is -1.37. The van der Waals surface area contributed by atoms with Gasteiger partial charge in [-0.25, -0.2) is 4.98 Å². The third-order valence-corrected chi connectivity index (χ3v) is 4.35. The monoisotopic (exact) mass is 276 g/mol. The number of para-hydroxylation sites is 1. The Morgan fingerprint density at radius 1 is 1.33 bits per heavy atom. The van der Waals surface area contributed by atoms with Gasteiger partial charge in [0.05, 0.1) is 44.9 Å². The van der Waals surface area contributed by atoms with Crippen LogP contribution in [-0.4, -0.2) is 20.8 Å². The molecule has 6 heteroatoms. The number of thiazole rings is 1. The van der Waals surface area contributed by atoms with Crippen LogP contribution in [0.15, 0.2) is 30.5 Å². The second kappa shape index (κ2) is 5.09. The minimum absolute atomic E-state index is 0.185. The molecule has 2 aromatic heterocycles. The SMILES string of the molecule is CNC(Cc1nc2ccccc2s1)c1cnsn1. The first-order chi connectivity index (χ1) is 8.86. The second-order valence-electron chi connectivity index (χ2n) is 3.95. The van der Waals surface area contributed by atoms with Crippen LogP contribution in [0, 0.1) is 0 Å². The molecule has 2 heterocycles. The summed E-state index contributed by atoms with van der Waals surface area (Å²) in [5, 5.41) is 4.40. The molecule has 0 fully saturated rings. The number of benzene rings is 1. The van der Waals surface area contributed by atoms with Crippen molar-refractivity contribution in [1.82, 2.24) is 19.0 Å². The molecule has 0 aliphatic rings. The smallest absolute Gasteiger partial charge is 0.0958 e. The number of nitrogens with zero attached hydrogens (tertiary/aromatic N) is 3. The zero-order chi connectivity index (χ0) is 12.4. The van der Waals surface area contributed by atoms with E-state index in [1.54, 1.807) is 11.3 Å². The summed E-state index contributed by atoms with van der Waals surface area (Å²) in [6.07, 6.45) is 2.67. The van der Waals surface area contributed by atoms with Crippen LogP contribution < -0.4 is 5.32 Å². The fraction of sp³-hybridized carbons (Fsp3) is 0.250. The van der Waals surface area contributed by atoms with Crippen LogP contribution in [0.2, 0.25) is 0 Å². The molecule has 92 valence electrons. The Kier molecular flexibility index (Phi) is 3.31. The summed E-state index contributed by atoms with van der Waals surface area (Å²) in [6.45, 7) is 0. The zero-order valence-corrected chi connectivity index (χ0v) is 11.5. The third kappa shape index (κ3) is 2.27. The summed E-state index contributed by atoms with van der Waals surface area (Å²) < 4.78 is 9.57. The van der Waals surface area contributed by atoms with E-state index in [9.17, 15) is 0 Å². The van der Waals surface area contributed by atoms with Gasteiger partial charge in [-0.3, -0.25) is 0 Å². The predicted molar refractivity (Wildman–Crippen MR) is 75.0 cm³/mol. The highest BCUT2D eigenvalue weighted by molar-refractivity contribution is 7.18. The van der Waals surface area contributed by atoms with Gasteiger partial charge in [-0.15, -0.1) is 11.3 Å². The van der Waals surface area contributed by atoms with Crippen LogP contribution in [0.25, 0.3) is 10.2 Å². The van der Waals surface area contributed by atoms with E-state index >= 15 is 0 Å².